The van der Waals surface area contributed by atoms with E-state index < -0.39 is 0 Å². The van der Waals surface area contributed by atoms with E-state index >= 15 is 0 Å². The van der Waals surface area contributed by atoms with Crippen LogP contribution in [0.2, 0.25) is 5.02 Å². The van der Waals surface area contributed by atoms with Crippen molar-refractivity contribution >= 4 is 29.3 Å². The number of anilines is 2. The van der Waals surface area contributed by atoms with Crippen molar-refractivity contribution in [3.8, 4) is 5.69 Å². The van der Waals surface area contributed by atoms with Crippen LogP contribution in [-0.2, 0) is 6.54 Å². The maximum Gasteiger partial charge on any atom is 0.253 e. The van der Waals surface area contributed by atoms with Gasteiger partial charge in [0.05, 0.1) is 24.0 Å². The number of amides is 1. The van der Waals surface area contributed by atoms with Gasteiger partial charge in [0, 0.05) is 36.6 Å². The molecule has 0 saturated carbocycles. The summed E-state index contributed by atoms with van der Waals surface area (Å²) in [6, 6.07) is 8.42. The third-order valence-corrected chi connectivity index (χ3v) is 6.22. The Labute approximate surface area is 176 Å². The number of aromatic nitrogens is 4. The van der Waals surface area contributed by atoms with Gasteiger partial charge in [-0.1, -0.05) is 11.6 Å². The highest BCUT2D eigenvalue weighted by Gasteiger charge is 2.53. The standard InChI is InChI=1S/C20H17ClFN7O/c21-12-1-3-15-14(5-12)18(30)24-7-17-25-26-19(29(15)17)28-10-20(11-28)8-27(9-20)16-4-2-13(22)6-23-16/h1-6H,7-11H2,(H,24,30). The summed E-state index contributed by atoms with van der Waals surface area (Å²) in [5.41, 5.74) is 1.41. The molecular weight excluding hydrogens is 409 g/mol. The van der Waals surface area contributed by atoms with Crippen LogP contribution in [0.1, 0.15) is 16.2 Å². The van der Waals surface area contributed by atoms with E-state index in [4.69, 9.17) is 11.6 Å². The van der Waals surface area contributed by atoms with Gasteiger partial charge >= 0.3 is 0 Å². The van der Waals surface area contributed by atoms with Crippen LogP contribution in [0.3, 0.4) is 0 Å². The number of fused-ring (bicyclic) bond motifs is 3. The Kier molecular flexibility index (Phi) is 3.62. The summed E-state index contributed by atoms with van der Waals surface area (Å²) in [4.78, 5) is 21.0. The maximum atomic E-state index is 13.1. The number of halogens is 2. The van der Waals surface area contributed by atoms with Crippen molar-refractivity contribution in [3.63, 3.8) is 0 Å². The fraction of sp³-hybridized carbons (Fsp3) is 0.300. The predicted octanol–water partition coefficient (Wildman–Crippen LogP) is 2.02. The van der Waals surface area contributed by atoms with E-state index in [1.165, 1.54) is 12.3 Å². The summed E-state index contributed by atoms with van der Waals surface area (Å²) < 4.78 is 15.0. The van der Waals surface area contributed by atoms with Gasteiger partial charge in [0.1, 0.15) is 11.6 Å². The number of hydrogen-bond donors (Lipinski definition) is 1. The normalized spacial score (nSPS) is 18.8. The number of nitrogens with one attached hydrogen (secondary N) is 1. The summed E-state index contributed by atoms with van der Waals surface area (Å²) >= 11 is 6.11. The van der Waals surface area contributed by atoms with Gasteiger partial charge in [0.2, 0.25) is 5.95 Å². The molecule has 2 aromatic heterocycles. The quantitative estimate of drug-likeness (QED) is 0.676. The van der Waals surface area contributed by atoms with Crippen molar-refractivity contribution in [2.45, 2.75) is 6.54 Å². The van der Waals surface area contributed by atoms with Gasteiger partial charge in [0.15, 0.2) is 5.82 Å². The summed E-state index contributed by atoms with van der Waals surface area (Å²) in [6.07, 6.45) is 1.25. The molecule has 2 fully saturated rings. The van der Waals surface area contributed by atoms with Gasteiger partial charge in [-0.2, -0.15) is 0 Å². The van der Waals surface area contributed by atoms with Gasteiger partial charge in [-0.3, -0.25) is 9.36 Å². The second-order valence-electron chi connectivity index (χ2n) is 8.14. The smallest absolute Gasteiger partial charge is 0.253 e. The molecular formula is C20H17ClFN7O. The van der Waals surface area contributed by atoms with Gasteiger partial charge < -0.3 is 15.1 Å². The lowest BCUT2D eigenvalue weighted by Gasteiger charge is -2.60. The second kappa shape index (κ2) is 6.15. The van der Waals surface area contributed by atoms with E-state index in [2.05, 4.69) is 30.3 Å². The number of carbonyl (C=O) groups is 1. The maximum absolute atomic E-state index is 13.1. The van der Waals surface area contributed by atoms with Crippen LogP contribution in [-0.4, -0.2) is 51.8 Å². The molecule has 152 valence electrons. The Balaban J connectivity index is 1.24. The molecule has 3 aromatic rings. The summed E-state index contributed by atoms with van der Waals surface area (Å²) in [7, 11) is 0. The van der Waals surface area contributed by atoms with Crippen LogP contribution in [0.15, 0.2) is 36.5 Å². The molecule has 0 radical (unpaired) electrons. The molecule has 30 heavy (non-hydrogen) atoms. The molecule has 1 spiro atoms. The molecule has 0 aliphatic carbocycles. The van der Waals surface area contributed by atoms with Gasteiger partial charge in [-0.25, -0.2) is 9.37 Å². The first kappa shape index (κ1) is 17.6. The van der Waals surface area contributed by atoms with E-state index in [9.17, 15) is 9.18 Å². The van der Waals surface area contributed by atoms with Crippen molar-refractivity contribution in [2.24, 2.45) is 5.41 Å². The first-order valence-corrected chi connectivity index (χ1v) is 10.0. The summed E-state index contributed by atoms with van der Waals surface area (Å²) in [6.45, 7) is 3.73. The highest BCUT2D eigenvalue weighted by Crippen LogP contribution is 2.43. The van der Waals surface area contributed by atoms with Crippen LogP contribution in [0.4, 0.5) is 16.2 Å². The second-order valence-corrected chi connectivity index (χ2v) is 8.58. The number of carbonyl (C=O) groups excluding carboxylic acids is 1. The van der Waals surface area contributed by atoms with Crippen LogP contribution >= 0.6 is 11.6 Å². The third kappa shape index (κ3) is 2.58. The van der Waals surface area contributed by atoms with E-state index in [0.717, 1.165) is 43.6 Å². The van der Waals surface area contributed by atoms with Crippen LogP contribution < -0.4 is 15.1 Å². The molecule has 3 aliphatic rings. The zero-order valence-electron chi connectivity index (χ0n) is 15.8. The minimum atomic E-state index is -0.328. The Morgan fingerprint density at radius 2 is 1.87 bits per heavy atom. The van der Waals surface area contributed by atoms with Crippen molar-refractivity contribution in [2.75, 3.05) is 36.0 Å². The average Bonchev–Trinajstić information content (AvgIpc) is 3.03. The van der Waals surface area contributed by atoms with Crippen molar-refractivity contribution in [3.05, 3.63) is 58.8 Å². The lowest BCUT2D eigenvalue weighted by atomic mass is 9.73. The first-order valence-electron chi connectivity index (χ1n) is 9.65. The van der Waals surface area contributed by atoms with Crippen LogP contribution in [0, 0.1) is 11.2 Å². The number of benzene rings is 1. The highest BCUT2D eigenvalue weighted by atomic mass is 35.5. The molecule has 10 heteroatoms. The Morgan fingerprint density at radius 3 is 2.63 bits per heavy atom. The average molecular weight is 426 g/mol. The molecule has 1 N–H and O–H groups in total. The van der Waals surface area contributed by atoms with Crippen molar-refractivity contribution in [1.29, 1.82) is 0 Å². The van der Waals surface area contributed by atoms with Crippen LogP contribution in [0.25, 0.3) is 5.69 Å². The number of hydrogen-bond acceptors (Lipinski definition) is 6. The van der Waals surface area contributed by atoms with Gasteiger partial charge in [0.25, 0.3) is 5.91 Å². The third-order valence-electron chi connectivity index (χ3n) is 5.99. The topological polar surface area (TPSA) is 79.2 Å². The Bertz CT molecular complexity index is 1160. The SMILES string of the molecule is O=C1NCc2nnc(N3CC4(CN(c5ccc(F)cn5)C4)C3)n2-c2ccc(Cl)cc21. The molecule has 8 nitrogen and oxygen atoms in total. The number of pyridine rings is 1. The first-order chi connectivity index (χ1) is 14.5. The molecule has 3 aliphatic heterocycles. The van der Waals surface area contributed by atoms with Crippen molar-refractivity contribution in [1.82, 2.24) is 25.1 Å². The molecule has 1 aromatic carbocycles. The minimum Gasteiger partial charge on any atom is -0.355 e. The lowest BCUT2D eigenvalue weighted by molar-refractivity contribution is 0.0952. The molecule has 0 unspecified atom stereocenters. The van der Waals surface area contributed by atoms with E-state index in [1.807, 2.05) is 10.6 Å². The van der Waals surface area contributed by atoms with Gasteiger partial charge in [-0.15, -0.1) is 10.2 Å². The summed E-state index contributed by atoms with van der Waals surface area (Å²) in [5, 5.41) is 12.1. The minimum absolute atomic E-state index is 0.171. The number of rotatable bonds is 2. The van der Waals surface area contributed by atoms with E-state index in [-0.39, 0.29) is 17.1 Å². The van der Waals surface area contributed by atoms with E-state index in [0.29, 0.717) is 23.0 Å². The van der Waals surface area contributed by atoms with Gasteiger partial charge in [-0.05, 0) is 30.3 Å². The Hall–Kier alpha value is -3.20. The molecule has 0 atom stereocenters. The molecule has 2 saturated heterocycles. The molecule has 1 amide bonds. The largest absolute Gasteiger partial charge is 0.355 e. The zero-order valence-corrected chi connectivity index (χ0v) is 16.6. The summed E-state index contributed by atoms with van der Waals surface area (Å²) in [5.74, 6) is 1.71. The predicted molar refractivity (Wildman–Crippen MR) is 109 cm³/mol. The van der Waals surface area contributed by atoms with E-state index in [1.54, 1.807) is 18.2 Å². The van der Waals surface area contributed by atoms with Crippen LogP contribution in [0.5, 0.6) is 0 Å². The Morgan fingerprint density at radius 1 is 1.07 bits per heavy atom. The monoisotopic (exact) mass is 425 g/mol. The number of nitrogens with zero attached hydrogens (tertiary/aromatic N) is 6. The molecule has 0 bridgehead atoms. The fourth-order valence-electron chi connectivity index (χ4n) is 4.60. The van der Waals surface area contributed by atoms with Crippen molar-refractivity contribution < 1.29 is 9.18 Å². The lowest BCUT2D eigenvalue weighted by Crippen LogP contribution is -2.73. The molecule has 5 heterocycles. The highest BCUT2D eigenvalue weighted by molar-refractivity contribution is 6.31. The fourth-order valence-corrected chi connectivity index (χ4v) is 4.77. The zero-order chi connectivity index (χ0) is 20.5. The molecule has 6 rings (SSSR count).